The second-order valence-corrected chi connectivity index (χ2v) is 12.8. The number of nitrogens with zero attached hydrogens (tertiary/aromatic N) is 4. The zero-order chi connectivity index (χ0) is 39.0. The molecule has 0 aliphatic carbocycles. The molecule has 0 aliphatic rings. The van der Waals surface area contributed by atoms with Crippen LogP contribution in [0.15, 0.2) is 77.7 Å². The van der Waals surface area contributed by atoms with Gasteiger partial charge in [-0.05, 0) is 92.7 Å². The van der Waals surface area contributed by atoms with Crippen molar-refractivity contribution in [2.24, 2.45) is 0 Å². The van der Waals surface area contributed by atoms with Crippen molar-refractivity contribution in [3.63, 3.8) is 0 Å². The highest BCUT2D eigenvalue weighted by Gasteiger charge is 2.33. The van der Waals surface area contributed by atoms with Crippen LogP contribution < -0.4 is 25.3 Å². The molecular formula is C34H30Cl2N6O10S. The molecule has 0 spiro atoms. The first-order valence-electron chi connectivity index (χ1n) is 15.5. The Hall–Kier alpha value is -5.91. The Morgan fingerprint density at radius 1 is 0.887 bits per heavy atom. The maximum absolute atomic E-state index is 14.0. The normalized spacial score (nSPS) is 10.5. The first-order valence-corrected chi connectivity index (χ1v) is 17.0. The average molecular weight is 786 g/mol. The smallest absolute Gasteiger partial charge is 0.402 e. The Kier molecular flexibility index (Phi) is 13.2. The number of ether oxygens (including phenoxy) is 1. The lowest BCUT2D eigenvalue weighted by atomic mass is 10.1. The number of hydrogen-bond acceptors (Lipinski definition) is 12. The molecule has 0 fully saturated rings. The highest BCUT2D eigenvalue weighted by molar-refractivity contribution is 8.13. The van der Waals surface area contributed by atoms with E-state index >= 15 is 0 Å². The number of nitrogens with one attached hydrogen (secondary N) is 2. The molecule has 0 unspecified atom stereocenters. The summed E-state index contributed by atoms with van der Waals surface area (Å²) in [7, 11) is 1.21. The number of amides is 3. The van der Waals surface area contributed by atoms with Crippen molar-refractivity contribution in [3.05, 3.63) is 120 Å². The van der Waals surface area contributed by atoms with Crippen molar-refractivity contribution < 1.29 is 38.6 Å². The van der Waals surface area contributed by atoms with E-state index in [0.717, 1.165) is 29.7 Å². The molecule has 3 amide bonds. The number of benzene rings is 4. The maximum Gasteiger partial charge on any atom is 0.417 e. The van der Waals surface area contributed by atoms with Crippen LogP contribution in [0.4, 0.5) is 38.0 Å². The van der Waals surface area contributed by atoms with Crippen LogP contribution in [0, 0.1) is 27.2 Å². The summed E-state index contributed by atoms with van der Waals surface area (Å²) in [6.07, 6.45) is -1.22. The van der Waals surface area contributed by atoms with Gasteiger partial charge in [-0.2, -0.15) is 5.48 Å². The van der Waals surface area contributed by atoms with Crippen LogP contribution in [0.1, 0.15) is 40.1 Å². The number of hydrogen-bond donors (Lipinski definition) is 2. The van der Waals surface area contributed by atoms with E-state index in [1.54, 1.807) is 25.1 Å². The van der Waals surface area contributed by atoms with Gasteiger partial charge in [0.05, 0.1) is 27.2 Å². The van der Waals surface area contributed by atoms with Gasteiger partial charge >= 0.3 is 17.1 Å². The van der Waals surface area contributed by atoms with Crippen molar-refractivity contribution in [1.82, 2.24) is 5.48 Å². The largest absolute Gasteiger partial charge is 0.417 e. The number of non-ortho nitro benzene ring substituents is 1. The lowest BCUT2D eigenvalue weighted by Gasteiger charge is -2.22. The van der Waals surface area contributed by atoms with E-state index in [4.69, 9.17) is 32.8 Å². The minimum Gasteiger partial charge on any atom is -0.402 e. The SMILES string of the molecule is CCN(CC)c1ccc(NC(=O)Oc2c(C(=O)N(C)c3ccc(Cl)cc3SC(=O)ONC(=O)c3cccc(Cl)c3)cc([N+](=O)[O-])cc2[N+](=O)[O-])c(C)c1. The van der Waals surface area contributed by atoms with Gasteiger partial charge < -0.3 is 19.4 Å². The summed E-state index contributed by atoms with van der Waals surface area (Å²) in [5, 5.41) is 25.7. The van der Waals surface area contributed by atoms with Crippen LogP contribution in [0.2, 0.25) is 10.0 Å². The number of rotatable bonds is 11. The third kappa shape index (κ3) is 9.91. The van der Waals surface area contributed by atoms with Crippen LogP contribution in [0.25, 0.3) is 0 Å². The van der Waals surface area contributed by atoms with Crippen molar-refractivity contribution in [2.75, 3.05) is 35.3 Å². The standard InChI is InChI=1S/C34H30Cl2N6O10S/c1-5-40(6-2)23-11-12-26(19(3)14-23)37-33(45)51-30-25(17-24(41(47)48)18-28(30)42(49)50)32(44)39(4)27-13-10-22(36)16-29(27)53-34(46)52-38-31(43)20-8-7-9-21(35)15-20/h7-18H,5-6H2,1-4H3,(H,37,45)(H,38,43). The molecule has 0 saturated carbocycles. The monoisotopic (exact) mass is 784 g/mol. The van der Waals surface area contributed by atoms with Gasteiger partial charge in [0.15, 0.2) is 0 Å². The number of hydroxylamine groups is 1. The van der Waals surface area contributed by atoms with Gasteiger partial charge in [0.1, 0.15) is 0 Å². The molecule has 2 N–H and O–H groups in total. The highest BCUT2D eigenvalue weighted by Crippen LogP contribution is 2.39. The molecule has 4 aromatic rings. The molecule has 4 rings (SSSR count). The number of aryl methyl sites for hydroxylation is 1. The molecule has 0 radical (unpaired) electrons. The van der Waals surface area contributed by atoms with Gasteiger partial charge in [0.2, 0.25) is 5.75 Å². The number of carbonyl (C=O) groups is 4. The van der Waals surface area contributed by atoms with Gasteiger partial charge in [-0.1, -0.05) is 29.3 Å². The fourth-order valence-corrected chi connectivity index (χ4v) is 6.12. The maximum atomic E-state index is 14.0. The molecule has 0 atom stereocenters. The topological polar surface area (TPSA) is 204 Å². The molecule has 0 saturated heterocycles. The Morgan fingerprint density at radius 2 is 1.58 bits per heavy atom. The lowest BCUT2D eigenvalue weighted by molar-refractivity contribution is -0.394. The summed E-state index contributed by atoms with van der Waals surface area (Å²) >= 11 is 12.5. The van der Waals surface area contributed by atoms with E-state index in [1.165, 1.54) is 43.4 Å². The van der Waals surface area contributed by atoms with Crippen LogP contribution in [0.5, 0.6) is 5.75 Å². The van der Waals surface area contributed by atoms with Crippen molar-refractivity contribution in [3.8, 4) is 5.75 Å². The fourth-order valence-electron chi connectivity index (χ4n) is 4.93. The average Bonchev–Trinajstić information content (AvgIpc) is 3.11. The van der Waals surface area contributed by atoms with Gasteiger partial charge in [0, 0.05) is 58.1 Å². The molecule has 0 aromatic heterocycles. The van der Waals surface area contributed by atoms with Crippen molar-refractivity contribution in [1.29, 1.82) is 0 Å². The molecule has 53 heavy (non-hydrogen) atoms. The number of nitro groups is 2. The summed E-state index contributed by atoms with van der Waals surface area (Å²) in [5.41, 5.74) is 1.30. The number of nitro benzene ring substituents is 2. The Labute approximate surface area is 316 Å². The zero-order valence-corrected chi connectivity index (χ0v) is 30.7. The number of carbonyl (C=O) groups excluding carboxylic acids is 4. The van der Waals surface area contributed by atoms with Crippen molar-refractivity contribution in [2.45, 2.75) is 25.7 Å². The predicted molar refractivity (Wildman–Crippen MR) is 200 cm³/mol. The summed E-state index contributed by atoms with van der Waals surface area (Å²) < 4.78 is 5.35. The predicted octanol–water partition coefficient (Wildman–Crippen LogP) is 8.43. The quantitative estimate of drug-likeness (QED) is 0.0836. The van der Waals surface area contributed by atoms with Crippen LogP contribution in [-0.4, -0.2) is 53.2 Å². The van der Waals surface area contributed by atoms with Gasteiger partial charge in [-0.15, -0.1) is 0 Å². The zero-order valence-electron chi connectivity index (χ0n) is 28.4. The van der Waals surface area contributed by atoms with E-state index in [1.807, 2.05) is 25.4 Å². The van der Waals surface area contributed by atoms with Gasteiger partial charge in [-0.25, -0.2) is 9.59 Å². The number of thioether (sulfide) groups is 1. The molecular weight excluding hydrogens is 755 g/mol. The third-order valence-electron chi connectivity index (χ3n) is 7.56. The Balaban J connectivity index is 1.64. The van der Waals surface area contributed by atoms with E-state index < -0.39 is 55.7 Å². The molecule has 19 heteroatoms. The minimum atomic E-state index is -1.22. The minimum absolute atomic E-state index is 0.0131. The fraction of sp³-hybridized carbons (Fsp3) is 0.176. The molecule has 0 heterocycles. The molecule has 4 aromatic carbocycles. The van der Waals surface area contributed by atoms with E-state index in [2.05, 4.69) is 10.2 Å². The second kappa shape index (κ2) is 17.5. The summed E-state index contributed by atoms with van der Waals surface area (Å²) in [6.45, 7) is 7.18. The third-order valence-corrected chi connectivity index (χ3v) is 8.82. The van der Waals surface area contributed by atoms with Gasteiger partial charge in [-0.3, -0.25) is 35.1 Å². The first kappa shape index (κ1) is 39.9. The van der Waals surface area contributed by atoms with Crippen LogP contribution in [0.3, 0.4) is 0 Å². The highest BCUT2D eigenvalue weighted by atomic mass is 35.5. The summed E-state index contributed by atoms with van der Waals surface area (Å²) in [4.78, 5) is 82.1. The summed E-state index contributed by atoms with van der Waals surface area (Å²) in [6, 6.07) is 16.3. The molecule has 0 aliphatic heterocycles. The van der Waals surface area contributed by atoms with Gasteiger partial charge in [0.25, 0.3) is 17.5 Å². The number of halogens is 2. The van der Waals surface area contributed by atoms with E-state index in [-0.39, 0.29) is 26.2 Å². The van der Waals surface area contributed by atoms with E-state index in [9.17, 15) is 39.4 Å². The number of anilines is 3. The van der Waals surface area contributed by atoms with Crippen LogP contribution in [-0.2, 0) is 4.84 Å². The molecule has 0 bridgehead atoms. The Bertz CT molecular complexity index is 2110. The summed E-state index contributed by atoms with van der Waals surface area (Å²) in [5.74, 6) is -2.76. The van der Waals surface area contributed by atoms with E-state index in [0.29, 0.717) is 29.1 Å². The van der Waals surface area contributed by atoms with Crippen molar-refractivity contribution >= 4 is 86.6 Å². The van der Waals surface area contributed by atoms with Crippen LogP contribution >= 0.6 is 35.0 Å². The lowest BCUT2D eigenvalue weighted by Crippen LogP contribution is -2.29. The molecule has 16 nitrogen and oxygen atoms in total. The second-order valence-electron chi connectivity index (χ2n) is 10.9. The first-order chi connectivity index (χ1) is 25.1. The Morgan fingerprint density at radius 3 is 2.21 bits per heavy atom. The molecule has 276 valence electrons.